The van der Waals surface area contributed by atoms with Crippen molar-refractivity contribution in [1.29, 1.82) is 0 Å². The van der Waals surface area contributed by atoms with Crippen LogP contribution in [-0.4, -0.2) is 10.8 Å². The molecule has 80 valence electrons. The Labute approximate surface area is 112 Å². The highest BCUT2D eigenvalue weighted by Gasteiger charge is 2.13. The summed E-state index contributed by atoms with van der Waals surface area (Å²) in [6, 6.07) is 10.6. The van der Waals surface area contributed by atoms with Crippen molar-refractivity contribution in [2.45, 2.75) is 0 Å². The number of hydrogen-bond donors (Lipinski definition) is 0. The maximum atomic E-state index is 12.0. The van der Waals surface area contributed by atoms with E-state index in [9.17, 15) is 4.79 Å². The van der Waals surface area contributed by atoms with Gasteiger partial charge in [-0.3, -0.25) is 9.78 Å². The minimum Gasteiger partial charge on any atom is -0.287 e. The molecule has 0 atom stereocenters. The molecule has 0 aliphatic rings. The summed E-state index contributed by atoms with van der Waals surface area (Å²) in [5, 5.41) is 0.461. The number of carbonyl (C=O) groups excluding carboxylic acids is 1. The molecule has 0 fully saturated rings. The number of halogens is 2. The number of benzene rings is 1. The summed E-state index contributed by atoms with van der Waals surface area (Å²) in [5.74, 6) is -0.151. The molecule has 0 N–H and O–H groups in total. The van der Waals surface area contributed by atoms with E-state index < -0.39 is 0 Å². The van der Waals surface area contributed by atoms with Crippen LogP contribution in [0.2, 0.25) is 5.02 Å². The Bertz CT molecular complexity index is 528. The topological polar surface area (TPSA) is 30.0 Å². The van der Waals surface area contributed by atoms with Gasteiger partial charge in [-0.05, 0) is 52.9 Å². The van der Waals surface area contributed by atoms with Gasteiger partial charge in [0.1, 0.15) is 5.69 Å². The number of nitrogens with zero attached hydrogens (tertiary/aromatic N) is 1. The molecule has 0 radical (unpaired) electrons. The summed E-state index contributed by atoms with van der Waals surface area (Å²) in [7, 11) is 0. The predicted molar refractivity (Wildman–Crippen MR) is 71.8 cm³/mol. The van der Waals surface area contributed by atoms with Crippen LogP contribution in [-0.2, 0) is 0 Å². The van der Waals surface area contributed by atoms with Gasteiger partial charge in [0.2, 0.25) is 5.78 Å². The van der Waals surface area contributed by atoms with Crippen LogP contribution in [0.3, 0.4) is 0 Å². The van der Waals surface area contributed by atoms with E-state index in [0.29, 0.717) is 16.3 Å². The Morgan fingerprint density at radius 1 is 1.25 bits per heavy atom. The molecule has 1 aromatic carbocycles. The predicted octanol–water partition coefficient (Wildman–Crippen LogP) is 3.57. The molecule has 2 nitrogen and oxygen atoms in total. The van der Waals surface area contributed by atoms with Gasteiger partial charge in [-0.1, -0.05) is 17.7 Å². The lowest BCUT2D eigenvalue weighted by molar-refractivity contribution is 0.103. The van der Waals surface area contributed by atoms with Crippen LogP contribution in [0.1, 0.15) is 16.1 Å². The fraction of sp³-hybridized carbons (Fsp3) is 0. The minimum atomic E-state index is -0.151. The van der Waals surface area contributed by atoms with Gasteiger partial charge < -0.3 is 0 Å². The van der Waals surface area contributed by atoms with Gasteiger partial charge >= 0.3 is 0 Å². The van der Waals surface area contributed by atoms with Crippen molar-refractivity contribution >= 4 is 40.0 Å². The normalized spacial score (nSPS) is 10.1. The minimum absolute atomic E-state index is 0.151. The second-order valence-corrected chi connectivity index (χ2v) is 4.82. The molecule has 16 heavy (non-hydrogen) atoms. The first-order chi connectivity index (χ1) is 7.68. The third-order valence-corrected chi connectivity index (χ3v) is 3.06. The van der Waals surface area contributed by atoms with E-state index >= 15 is 0 Å². The number of ketones is 1. The van der Waals surface area contributed by atoms with E-state index in [1.54, 1.807) is 36.5 Å². The lowest BCUT2D eigenvalue weighted by atomic mass is 10.1. The van der Waals surface area contributed by atoms with E-state index in [-0.39, 0.29) is 5.78 Å². The quantitative estimate of drug-likeness (QED) is 0.616. The van der Waals surface area contributed by atoms with Gasteiger partial charge in [0, 0.05) is 15.3 Å². The van der Waals surface area contributed by atoms with Crippen molar-refractivity contribution in [3.8, 4) is 0 Å². The maximum absolute atomic E-state index is 12.0. The first-order valence-corrected chi connectivity index (χ1v) is 6.05. The first-order valence-electron chi connectivity index (χ1n) is 4.59. The summed E-state index contributed by atoms with van der Waals surface area (Å²) in [6.45, 7) is 0. The van der Waals surface area contributed by atoms with E-state index in [4.69, 9.17) is 11.6 Å². The Kier molecular flexibility index (Phi) is 3.56. The maximum Gasteiger partial charge on any atom is 0.212 e. The fourth-order valence-corrected chi connectivity index (χ4v) is 2.25. The molecular formula is C12H7ClINO. The summed E-state index contributed by atoms with van der Waals surface area (Å²) in [5.41, 5.74) is 0.895. The molecule has 1 heterocycles. The monoisotopic (exact) mass is 343 g/mol. The van der Waals surface area contributed by atoms with Crippen LogP contribution >= 0.6 is 34.2 Å². The Morgan fingerprint density at radius 3 is 2.69 bits per heavy atom. The molecule has 0 saturated heterocycles. The molecule has 1 aromatic heterocycles. The molecule has 0 aliphatic carbocycles. The molecule has 0 unspecified atom stereocenters. The molecule has 4 heteroatoms. The van der Waals surface area contributed by atoms with Crippen LogP contribution < -0.4 is 0 Å². The van der Waals surface area contributed by atoms with Gasteiger partial charge in [0.05, 0.1) is 5.02 Å². The molecule has 0 saturated carbocycles. The number of hydrogen-bond acceptors (Lipinski definition) is 2. The first kappa shape index (κ1) is 11.5. The zero-order chi connectivity index (χ0) is 11.5. The van der Waals surface area contributed by atoms with Crippen LogP contribution in [0.15, 0.2) is 42.6 Å². The molecule has 2 rings (SSSR count). The second kappa shape index (κ2) is 4.93. The van der Waals surface area contributed by atoms with Crippen molar-refractivity contribution in [1.82, 2.24) is 4.98 Å². The molecule has 0 bridgehead atoms. The Balaban J connectivity index is 2.42. The van der Waals surface area contributed by atoms with Gasteiger partial charge in [-0.25, -0.2) is 0 Å². The number of rotatable bonds is 2. The van der Waals surface area contributed by atoms with Crippen molar-refractivity contribution in [2.24, 2.45) is 0 Å². The molecule has 0 spiro atoms. The lowest BCUT2D eigenvalue weighted by Crippen LogP contribution is -2.04. The van der Waals surface area contributed by atoms with Gasteiger partial charge in [0.25, 0.3) is 0 Å². The van der Waals surface area contributed by atoms with Crippen LogP contribution in [0.25, 0.3) is 0 Å². The van der Waals surface area contributed by atoms with Gasteiger partial charge in [-0.2, -0.15) is 0 Å². The molecule has 0 amide bonds. The fourth-order valence-electron chi connectivity index (χ4n) is 1.31. The van der Waals surface area contributed by atoms with Gasteiger partial charge in [0.15, 0.2) is 0 Å². The van der Waals surface area contributed by atoms with E-state index in [1.165, 1.54) is 0 Å². The summed E-state index contributed by atoms with van der Waals surface area (Å²) in [4.78, 5) is 16.0. The smallest absolute Gasteiger partial charge is 0.212 e. The van der Waals surface area contributed by atoms with Crippen molar-refractivity contribution in [3.63, 3.8) is 0 Å². The van der Waals surface area contributed by atoms with Crippen molar-refractivity contribution < 1.29 is 4.79 Å². The largest absolute Gasteiger partial charge is 0.287 e. The van der Waals surface area contributed by atoms with Crippen molar-refractivity contribution in [2.75, 3.05) is 0 Å². The highest BCUT2D eigenvalue weighted by Crippen LogP contribution is 2.21. The standard InChI is InChI=1S/C12H7ClINO/c13-10-7-8(14)4-5-9(10)12(16)11-3-1-2-6-15-11/h1-7H. The third-order valence-electron chi connectivity index (χ3n) is 2.07. The summed E-state index contributed by atoms with van der Waals surface area (Å²) < 4.78 is 1.00. The Morgan fingerprint density at radius 2 is 2.06 bits per heavy atom. The van der Waals surface area contributed by atoms with E-state index in [2.05, 4.69) is 27.6 Å². The molecule has 2 aromatic rings. The highest BCUT2D eigenvalue weighted by molar-refractivity contribution is 14.1. The molecular weight excluding hydrogens is 336 g/mol. The lowest BCUT2D eigenvalue weighted by Gasteiger charge is -2.03. The SMILES string of the molecule is O=C(c1ccccn1)c1ccc(I)cc1Cl. The second-order valence-electron chi connectivity index (χ2n) is 3.17. The van der Waals surface area contributed by atoms with Crippen LogP contribution in [0.4, 0.5) is 0 Å². The molecule has 0 aliphatic heterocycles. The number of aromatic nitrogens is 1. The average Bonchev–Trinajstić information content (AvgIpc) is 2.29. The van der Waals surface area contributed by atoms with Crippen molar-refractivity contribution in [3.05, 3.63) is 62.4 Å². The average molecular weight is 344 g/mol. The van der Waals surface area contributed by atoms with E-state index in [1.807, 2.05) is 6.07 Å². The Hall–Kier alpha value is -0.940. The van der Waals surface area contributed by atoms with Gasteiger partial charge in [-0.15, -0.1) is 0 Å². The summed E-state index contributed by atoms with van der Waals surface area (Å²) in [6.07, 6.45) is 1.59. The number of pyridine rings is 1. The van der Waals surface area contributed by atoms with E-state index in [0.717, 1.165) is 3.57 Å². The number of carbonyl (C=O) groups is 1. The van der Waals surface area contributed by atoms with Crippen LogP contribution in [0.5, 0.6) is 0 Å². The zero-order valence-electron chi connectivity index (χ0n) is 8.15. The third kappa shape index (κ3) is 2.41. The highest BCUT2D eigenvalue weighted by atomic mass is 127. The van der Waals surface area contributed by atoms with Crippen LogP contribution in [0, 0.1) is 3.57 Å². The zero-order valence-corrected chi connectivity index (χ0v) is 11.1. The summed E-state index contributed by atoms with van der Waals surface area (Å²) >= 11 is 8.17.